The Bertz CT molecular complexity index is 811. The molecule has 2 heterocycles. The van der Waals surface area contributed by atoms with Crippen LogP contribution in [0.1, 0.15) is 49.0 Å². The SMILES string of the molecule is C#CC(=O)N1[C@@H](CCCC)Cc2cc(OC)cnc2[C@@H]1c1ccccc1. The molecule has 2 atom stereocenters. The number of nitrogens with zero attached hydrogens (tertiary/aromatic N) is 2. The summed E-state index contributed by atoms with van der Waals surface area (Å²) in [5.41, 5.74) is 3.03. The van der Waals surface area contributed by atoms with Crippen molar-refractivity contribution in [3.8, 4) is 18.1 Å². The molecule has 2 aromatic rings. The predicted octanol–water partition coefficient (Wildman–Crippen LogP) is 3.76. The van der Waals surface area contributed by atoms with Gasteiger partial charge in [-0.2, -0.15) is 0 Å². The van der Waals surface area contributed by atoms with Crippen LogP contribution < -0.4 is 4.74 Å². The topological polar surface area (TPSA) is 42.4 Å². The molecular formula is C22H24N2O2. The van der Waals surface area contributed by atoms with Crippen LogP contribution in [0.15, 0.2) is 42.6 Å². The van der Waals surface area contributed by atoms with E-state index in [-0.39, 0.29) is 18.0 Å². The highest BCUT2D eigenvalue weighted by Crippen LogP contribution is 2.39. The molecule has 3 rings (SSSR count). The van der Waals surface area contributed by atoms with E-state index in [4.69, 9.17) is 11.2 Å². The molecule has 0 fully saturated rings. The Kier molecular flexibility index (Phi) is 5.58. The fraction of sp³-hybridized carbons (Fsp3) is 0.364. The van der Waals surface area contributed by atoms with Gasteiger partial charge >= 0.3 is 0 Å². The summed E-state index contributed by atoms with van der Waals surface area (Å²) >= 11 is 0. The summed E-state index contributed by atoms with van der Waals surface area (Å²) in [7, 11) is 1.64. The fourth-order valence-electron chi connectivity index (χ4n) is 3.71. The third kappa shape index (κ3) is 3.43. The number of benzene rings is 1. The van der Waals surface area contributed by atoms with E-state index in [2.05, 4.69) is 17.8 Å². The van der Waals surface area contributed by atoms with Crippen molar-refractivity contribution < 1.29 is 9.53 Å². The van der Waals surface area contributed by atoms with Gasteiger partial charge in [-0.15, -0.1) is 6.42 Å². The number of carbonyl (C=O) groups is 1. The summed E-state index contributed by atoms with van der Waals surface area (Å²) in [4.78, 5) is 19.2. The first-order valence-electron chi connectivity index (χ1n) is 9.06. The maximum atomic E-state index is 12.7. The summed E-state index contributed by atoms with van der Waals surface area (Å²) in [6, 6.07) is 11.8. The van der Waals surface area contributed by atoms with Crippen molar-refractivity contribution in [2.75, 3.05) is 7.11 Å². The number of amides is 1. The van der Waals surface area contributed by atoms with Crippen molar-refractivity contribution in [1.29, 1.82) is 0 Å². The van der Waals surface area contributed by atoms with E-state index in [1.165, 1.54) is 0 Å². The number of terminal acetylenes is 1. The minimum absolute atomic E-state index is 0.0603. The summed E-state index contributed by atoms with van der Waals surface area (Å²) in [5, 5.41) is 0. The maximum absolute atomic E-state index is 12.7. The second-order valence-corrected chi connectivity index (χ2v) is 6.59. The zero-order valence-electron chi connectivity index (χ0n) is 15.3. The van der Waals surface area contributed by atoms with Gasteiger partial charge in [0.1, 0.15) is 11.8 Å². The molecule has 4 nitrogen and oxygen atoms in total. The third-order valence-electron chi connectivity index (χ3n) is 4.96. The molecule has 0 unspecified atom stereocenters. The van der Waals surface area contributed by atoms with E-state index < -0.39 is 0 Å². The molecule has 0 saturated carbocycles. The first-order chi connectivity index (χ1) is 12.7. The summed E-state index contributed by atoms with van der Waals surface area (Å²) < 4.78 is 5.36. The Balaban J connectivity index is 2.14. The van der Waals surface area contributed by atoms with Crippen LogP contribution >= 0.6 is 0 Å². The van der Waals surface area contributed by atoms with Gasteiger partial charge in [-0.1, -0.05) is 50.1 Å². The van der Waals surface area contributed by atoms with Crippen molar-refractivity contribution >= 4 is 5.91 Å². The van der Waals surface area contributed by atoms with Crippen molar-refractivity contribution in [2.45, 2.75) is 44.7 Å². The lowest BCUT2D eigenvalue weighted by Crippen LogP contribution is -2.47. The molecule has 1 aliphatic heterocycles. The molecule has 0 N–H and O–H groups in total. The van der Waals surface area contributed by atoms with Crippen LogP contribution in [-0.2, 0) is 11.2 Å². The minimum Gasteiger partial charge on any atom is -0.495 e. The predicted molar refractivity (Wildman–Crippen MR) is 102 cm³/mol. The highest BCUT2D eigenvalue weighted by atomic mass is 16.5. The lowest BCUT2D eigenvalue weighted by molar-refractivity contribution is -0.130. The summed E-state index contributed by atoms with van der Waals surface area (Å²) in [5.74, 6) is 2.79. The Morgan fingerprint density at radius 1 is 1.38 bits per heavy atom. The molecule has 1 amide bonds. The molecule has 26 heavy (non-hydrogen) atoms. The Hall–Kier alpha value is -2.80. The molecule has 134 valence electrons. The summed E-state index contributed by atoms with van der Waals surface area (Å²) in [6.45, 7) is 2.16. The van der Waals surface area contributed by atoms with Crippen molar-refractivity contribution in [3.63, 3.8) is 0 Å². The van der Waals surface area contributed by atoms with Crippen molar-refractivity contribution in [2.24, 2.45) is 0 Å². The number of hydrogen-bond acceptors (Lipinski definition) is 3. The molecule has 1 aromatic heterocycles. The van der Waals surface area contributed by atoms with Crippen LogP contribution in [0.3, 0.4) is 0 Å². The molecule has 1 aromatic carbocycles. The number of hydrogen-bond donors (Lipinski definition) is 0. The number of pyridine rings is 1. The molecule has 0 bridgehead atoms. The number of fused-ring (bicyclic) bond motifs is 1. The maximum Gasteiger partial charge on any atom is 0.299 e. The minimum atomic E-state index is -0.275. The molecule has 0 radical (unpaired) electrons. The molecule has 4 heteroatoms. The van der Waals surface area contributed by atoms with Crippen LogP contribution in [0, 0.1) is 12.3 Å². The van der Waals surface area contributed by atoms with E-state index in [1.54, 1.807) is 13.3 Å². The Morgan fingerprint density at radius 2 is 2.15 bits per heavy atom. The average Bonchev–Trinajstić information content (AvgIpc) is 2.70. The number of methoxy groups -OCH3 is 1. The van der Waals surface area contributed by atoms with Gasteiger partial charge in [0.25, 0.3) is 5.91 Å². The van der Waals surface area contributed by atoms with Gasteiger partial charge in [-0.3, -0.25) is 9.78 Å². The first-order valence-corrected chi connectivity index (χ1v) is 9.06. The average molecular weight is 348 g/mol. The van der Waals surface area contributed by atoms with Crippen LogP contribution in [0.25, 0.3) is 0 Å². The Morgan fingerprint density at radius 3 is 2.81 bits per heavy atom. The quantitative estimate of drug-likeness (QED) is 0.773. The van der Waals surface area contributed by atoms with E-state index in [1.807, 2.05) is 41.3 Å². The lowest BCUT2D eigenvalue weighted by atomic mass is 9.86. The second kappa shape index (κ2) is 8.05. The fourth-order valence-corrected chi connectivity index (χ4v) is 3.71. The van der Waals surface area contributed by atoms with Gasteiger partial charge < -0.3 is 9.64 Å². The standard InChI is InChI=1S/C22H24N2O2/c1-4-6-12-18-13-17-14-19(26-3)15-23-21(17)22(24(18)20(25)5-2)16-10-8-7-9-11-16/h2,7-11,14-15,18,22H,4,6,12-13H2,1,3H3/t18-,22-/m0/s1. The zero-order chi connectivity index (χ0) is 18.5. The number of ether oxygens (including phenoxy) is 1. The van der Waals surface area contributed by atoms with Crippen LogP contribution in [0.2, 0.25) is 0 Å². The smallest absolute Gasteiger partial charge is 0.299 e. The first kappa shape index (κ1) is 18.0. The number of aromatic nitrogens is 1. The van der Waals surface area contributed by atoms with Gasteiger partial charge in [0.15, 0.2) is 0 Å². The molecule has 1 aliphatic rings. The van der Waals surface area contributed by atoms with Gasteiger partial charge in [0.2, 0.25) is 0 Å². The normalized spacial score (nSPS) is 18.7. The molecular weight excluding hydrogens is 324 g/mol. The van der Waals surface area contributed by atoms with Crippen LogP contribution in [-0.4, -0.2) is 28.9 Å². The van der Waals surface area contributed by atoms with Gasteiger partial charge in [-0.25, -0.2) is 0 Å². The third-order valence-corrected chi connectivity index (χ3v) is 4.96. The summed E-state index contributed by atoms with van der Waals surface area (Å²) in [6.07, 6.45) is 11.0. The van der Waals surface area contributed by atoms with Crippen LogP contribution in [0.4, 0.5) is 0 Å². The molecule has 0 saturated heterocycles. The van der Waals surface area contributed by atoms with Crippen molar-refractivity contribution in [1.82, 2.24) is 9.88 Å². The Labute approximate surface area is 155 Å². The highest BCUT2D eigenvalue weighted by Gasteiger charge is 2.38. The van der Waals surface area contributed by atoms with E-state index in [9.17, 15) is 4.79 Å². The van der Waals surface area contributed by atoms with E-state index >= 15 is 0 Å². The van der Waals surface area contributed by atoms with Gasteiger partial charge in [0, 0.05) is 6.04 Å². The van der Waals surface area contributed by atoms with E-state index in [0.29, 0.717) is 0 Å². The largest absolute Gasteiger partial charge is 0.495 e. The zero-order valence-corrected chi connectivity index (χ0v) is 15.3. The highest BCUT2D eigenvalue weighted by molar-refractivity contribution is 5.94. The lowest BCUT2D eigenvalue weighted by Gasteiger charge is -2.42. The van der Waals surface area contributed by atoms with Crippen molar-refractivity contribution in [3.05, 3.63) is 59.4 Å². The molecule has 0 aliphatic carbocycles. The van der Waals surface area contributed by atoms with E-state index in [0.717, 1.165) is 48.3 Å². The number of carbonyl (C=O) groups excluding carboxylic acids is 1. The van der Waals surface area contributed by atoms with Gasteiger partial charge in [-0.05, 0) is 36.0 Å². The van der Waals surface area contributed by atoms with Crippen LogP contribution in [0.5, 0.6) is 5.75 Å². The molecule has 0 spiro atoms. The number of rotatable bonds is 5. The number of unbranched alkanes of at least 4 members (excludes halogenated alkanes) is 1. The van der Waals surface area contributed by atoms with Gasteiger partial charge in [0.05, 0.1) is 19.0 Å². The second-order valence-electron chi connectivity index (χ2n) is 6.59. The monoisotopic (exact) mass is 348 g/mol.